The van der Waals surface area contributed by atoms with Gasteiger partial charge in [0.05, 0.1) is 5.75 Å². The Kier molecular flexibility index (Phi) is 2.34. The van der Waals surface area contributed by atoms with Crippen molar-refractivity contribution in [2.75, 3.05) is 0 Å². The van der Waals surface area contributed by atoms with Crippen LogP contribution in [0, 0.1) is 6.92 Å². The third kappa shape index (κ3) is 1.77. The van der Waals surface area contributed by atoms with Gasteiger partial charge in [0.2, 0.25) is 0 Å². The maximum Gasteiger partial charge on any atom is 0.569 e. The van der Waals surface area contributed by atoms with Gasteiger partial charge in [0.25, 0.3) is 0 Å². The van der Waals surface area contributed by atoms with Gasteiger partial charge in [0.15, 0.2) is 0 Å². The largest absolute Gasteiger partial charge is 0.569 e. The van der Waals surface area contributed by atoms with Gasteiger partial charge >= 0.3 is 7.69 Å². The molecule has 0 heterocycles. The van der Waals surface area contributed by atoms with E-state index in [9.17, 15) is 0 Å². The molecule has 0 aromatic heterocycles. The summed E-state index contributed by atoms with van der Waals surface area (Å²) >= 11 is 0. The molecule has 10 heavy (non-hydrogen) atoms. The van der Waals surface area contributed by atoms with Crippen LogP contribution in [0.4, 0.5) is 0 Å². The highest BCUT2D eigenvalue weighted by Crippen LogP contribution is 2.09. The maximum absolute atomic E-state index is 8.24. The van der Waals surface area contributed by atoms with Crippen LogP contribution in [0.2, 0.25) is 0 Å². The van der Waals surface area contributed by atoms with E-state index in [1.54, 1.807) is 12.1 Å². The van der Waals surface area contributed by atoms with Crippen LogP contribution in [0.3, 0.4) is 0 Å². The Morgan fingerprint density at radius 3 is 2.40 bits per heavy atom. The molecule has 1 N–H and O–H groups in total. The average Bonchev–Trinajstić information content (AvgIpc) is 1.95. The highest BCUT2D eigenvalue weighted by Gasteiger charge is 1.91. The molecule has 1 aromatic carbocycles. The van der Waals surface area contributed by atoms with Gasteiger partial charge in [-0.1, -0.05) is 17.7 Å². The number of aryl methyl sites for hydroxylation is 1. The molecule has 0 aliphatic heterocycles. The number of hydrogen-bond acceptors (Lipinski definition) is 2. The van der Waals surface area contributed by atoms with Crippen molar-refractivity contribution >= 4 is 7.69 Å². The van der Waals surface area contributed by atoms with Crippen molar-refractivity contribution in [3.8, 4) is 5.75 Å². The first-order chi connectivity index (χ1) is 4.83. The normalized spacial score (nSPS) is 9.00. The third-order valence-electron chi connectivity index (χ3n) is 1.21. The molecule has 0 aliphatic carbocycles. The van der Waals surface area contributed by atoms with Gasteiger partial charge < -0.3 is 9.68 Å². The second-order valence-corrected chi connectivity index (χ2v) is 2.04. The first-order valence-corrected chi connectivity index (χ1v) is 3.02. The molecule has 0 fully saturated rings. The van der Waals surface area contributed by atoms with E-state index in [4.69, 9.17) is 9.68 Å². The van der Waals surface area contributed by atoms with Crippen LogP contribution in [-0.4, -0.2) is 12.7 Å². The Labute approximate surface area is 60.8 Å². The molecule has 51 valence electrons. The molecule has 0 atom stereocenters. The fourth-order valence-electron chi connectivity index (χ4n) is 0.678. The molecule has 1 rings (SSSR count). The Morgan fingerprint density at radius 2 is 1.90 bits per heavy atom. The summed E-state index contributed by atoms with van der Waals surface area (Å²) < 4.78 is 4.69. The van der Waals surface area contributed by atoms with E-state index in [1.165, 1.54) is 5.56 Å². The molecule has 0 aliphatic rings. The van der Waals surface area contributed by atoms with Crippen molar-refractivity contribution in [2.24, 2.45) is 0 Å². The number of benzene rings is 1. The summed E-state index contributed by atoms with van der Waals surface area (Å²) in [5.41, 5.74) is 1.17. The first-order valence-electron chi connectivity index (χ1n) is 3.02. The van der Waals surface area contributed by atoms with Crippen LogP contribution in [0.5, 0.6) is 5.75 Å². The van der Waals surface area contributed by atoms with Gasteiger partial charge in [-0.05, 0) is 19.1 Å². The number of rotatable bonds is 2. The second-order valence-electron chi connectivity index (χ2n) is 2.04. The molecule has 0 amide bonds. The van der Waals surface area contributed by atoms with Crippen LogP contribution in [0.25, 0.3) is 0 Å². The predicted octanol–water partition coefficient (Wildman–Crippen LogP) is 0.900. The molecule has 0 spiro atoms. The lowest BCUT2D eigenvalue weighted by molar-refractivity contribution is 0.454. The Bertz CT molecular complexity index is 195. The zero-order valence-electron chi connectivity index (χ0n) is 5.74. The summed E-state index contributed by atoms with van der Waals surface area (Å²) in [6.45, 7) is 1.99. The summed E-state index contributed by atoms with van der Waals surface area (Å²) in [4.78, 5) is 0. The second kappa shape index (κ2) is 3.27. The lowest BCUT2D eigenvalue weighted by Crippen LogP contribution is -1.99. The molecule has 1 aromatic rings. The van der Waals surface area contributed by atoms with Gasteiger partial charge in [-0.25, -0.2) is 0 Å². The van der Waals surface area contributed by atoms with E-state index in [1.807, 2.05) is 19.1 Å². The molecule has 0 unspecified atom stereocenters. The fourth-order valence-corrected chi connectivity index (χ4v) is 0.678. The monoisotopic (exact) mass is 135 g/mol. The molecule has 0 bridgehead atoms. The van der Waals surface area contributed by atoms with Gasteiger partial charge in [-0.15, -0.1) is 0 Å². The summed E-state index contributed by atoms with van der Waals surface area (Å²) in [7, 11) is 0.671. The van der Waals surface area contributed by atoms with Gasteiger partial charge in [-0.3, -0.25) is 0 Å². The zero-order chi connectivity index (χ0) is 7.40. The molecule has 1 radical (unpaired) electrons. The van der Waals surface area contributed by atoms with Gasteiger partial charge in [0, 0.05) is 0 Å². The van der Waals surface area contributed by atoms with Crippen LogP contribution >= 0.6 is 0 Å². The van der Waals surface area contributed by atoms with Crippen molar-refractivity contribution in [1.82, 2.24) is 0 Å². The summed E-state index contributed by atoms with van der Waals surface area (Å²) in [6.07, 6.45) is 0. The van der Waals surface area contributed by atoms with Crippen molar-refractivity contribution in [2.45, 2.75) is 6.92 Å². The molecular weight excluding hydrogens is 127 g/mol. The van der Waals surface area contributed by atoms with Crippen molar-refractivity contribution in [3.05, 3.63) is 29.8 Å². The van der Waals surface area contributed by atoms with E-state index in [0.717, 1.165) is 0 Å². The van der Waals surface area contributed by atoms with E-state index in [2.05, 4.69) is 0 Å². The van der Waals surface area contributed by atoms with Crippen LogP contribution in [-0.2, 0) is 0 Å². The highest BCUT2D eigenvalue weighted by atomic mass is 16.5. The minimum absolute atomic E-state index is 0.646. The third-order valence-corrected chi connectivity index (χ3v) is 1.21. The topological polar surface area (TPSA) is 29.5 Å². The van der Waals surface area contributed by atoms with E-state index < -0.39 is 0 Å². The predicted molar refractivity (Wildman–Crippen MR) is 39.8 cm³/mol. The molecule has 3 heteroatoms. The first kappa shape index (κ1) is 7.16. The Morgan fingerprint density at radius 1 is 1.30 bits per heavy atom. The zero-order valence-corrected chi connectivity index (χ0v) is 5.74. The summed E-state index contributed by atoms with van der Waals surface area (Å²) in [5, 5.41) is 8.24. The lowest BCUT2D eigenvalue weighted by Gasteiger charge is -1.99. The summed E-state index contributed by atoms with van der Waals surface area (Å²) in [6, 6.07) is 7.42. The van der Waals surface area contributed by atoms with Crippen LogP contribution < -0.4 is 4.65 Å². The van der Waals surface area contributed by atoms with E-state index in [0.29, 0.717) is 13.4 Å². The Hall–Kier alpha value is -0.955. The van der Waals surface area contributed by atoms with E-state index >= 15 is 0 Å². The highest BCUT2D eigenvalue weighted by molar-refractivity contribution is 6.17. The molecular formula is C7H8BO2. The smallest absolute Gasteiger partial charge is 0.537 e. The SMILES string of the molecule is Cc1ccc(O[B]O)cc1. The van der Waals surface area contributed by atoms with E-state index in [-0.39, 0.29) is 0 Å². The van der Waals surface area contributed by atoms with Crippen molar-refractivity contribution in [3.63, 3.8) is 0 Å². The minimum Gasteiger partial charge on any atom is -0.537 e. The number of hydrogen-bond donors (Lipinski definition) is 1. The van der Waals surface area contributed by atoms with Crippen LogP contribution in [0.15, 0.2) is 24.3 Å². The van der Waals surface area contributed by atoms with Gasteiger partial charge in [-0.2, -0.15) is 0 Å². The van der Waals surface area contributed by atoms with Gasteiger partial charge in [0.1, 0.15) is 0 Å². The van der Waals surface area contributed by atoms with Crippen molar-refractivity contribution < 1.29 is 9.68 Å². The molecule has 2 nitrogen and oxygen atoms in total. The molecule has 0 saturated carbocycles. The minimum atomic E-state index is 0.646. The standard InChI is InChI=1S/C7H8BO2/c1-6-2-4-7(5-3-6)10-8-9/h2-5,9H,1H3. The van der Waals surface area contributed by atoms with Crippen molar-refractivity contribution in [1.29, 1.82) is 0 Å². The summed E-state index contributed by atoms with van der Waals surface area (Å²) in [5.74, 6) is 0.646. The average molecular weight is 135 g/mol. The fraction of sp³-hybridized carbons (Fsp3) is 0.143. The lowest BCUT2D eigenvalue weighted by atomic mass is 10.2. The Balaban J connectivity index is 2.69. The maximum atomic E-state index is 8.24. The molecule has 0 saturated heterocycles. The quantitative estimate of drug-likeness (QED) is 0.610. The van der Waals surface area contributed by atoms with Crippen LogP contribution in [0.1, 0.15) is 5.56 Å².